The molecular formula is C23H28FNO. The van der Waals surface area contributed by atoms with E-state index in [4.69, 9.17) is 0 Å². The maximum atomic E-state index is 13.2. The summed E-state index contributed by atoms with van der Waals surface area (Å²) in [5.41, 5.74) is 3.45. The molecule has 2 atom stereocenters. The van der Waals surface area contributed by atoms with E-state index in [1.807, 2.05) is 0 Å². The van der Waals surface area contributed by atoms with Crippen LogP contribution in [0.2, 0.25) is 0 Å². The topological polar surface area (TPSA) is 20.3 Å². The van der Waals surface area contributed by atoms with Gasteiger partial charge in [-0.3, -0.25) is 4.79 Å². The number of Topliss-reactive ketones (excluding diaryl/α,β-unsaturated/α-hetero) is 1. The zero-order chi connectivity index (χ0) is 18.5. The van der Waals surface area contributed by atoms with Crippen molar-refractivity contribution < 1.29 is 9.18 Å². The predicted octanol–water partition coefficient (Wildman–Crippen LogP) is 4.94. The highest BCUT2D eigenvalue weighted by Crippen LogP contribution is 2.29. The normalized spacial score (nSPS) is 19.7. The Labute approximate surface area is 156 Å². The maximum absolute atomic E-state index is 13.2. The van der Waals surface area contributed by atoms with Gasteiger partial charge in [-0.05, 0) is 87.5 Å². The number of rotatable bonds is 5. The molecule has 26 heavy (non-hydrogen) atoms. The van der Waals surface area contributed by atoms with Crippen molar-refractivity contribution in [2.75, 3.05) is 20.1 Å². The first-order valence-corrected chi connectivity index (χ1v) is 9.56. The monoisotopic (exact) mass is 353 g/mol. The van der Waals surface area contributed by atoms with Crippen molar-refractivity contribution in [2.45, 2.75) is 44.4 Å². The van der Waals surface area contributed by atoms with Crippen LogP contribution in [-0.2, 0) is 11.2 Å². The first kappa shape index (κ1) is 18.8. The third-order valence-electron chi connectivity index (χ3n) is 5.61. The Morgan fingerprint density at radius 2 is 1.77 bits per heavy atom. The highest BCUT2D eigenvalue weighted by Gasteiger charge is 2.19. The van der Waals surface area contributed by atoms with Crippen molar-refractivity contribution >= 4 is 5.78 Å². The Kier molecular flexibility index (Phi) is 6.20. The number of nitrogens with zero attached hydrogens (tertiary/aromatic N) is 1. The number of halogens is 1. The van der Waals surface area contributed by atoms with E-state index in [-0.39, 0.29) is 17.5 Å². The Hall–Kier alpha value is -2.00. The molecule has 1 aliphatic rings. The summed E-state index contributed by atoms with van der Waals surface area (Å²) in [4.78, 5) is 14.5. The average Bonchev–Trinajstić information content (AvgIpc) is 2.85. The van der Waals surface area contributed by atoms with Crippen LogP contribution in [0.15, 0.2) is 48.5 Å². The SMILES string of the molecule is CC(=O)C(Cc1ccc(C2CCCN(C)CC2)cc1)c1ccc(F)cc1. The third kappa shape index (κ3) is 4.79. The maximum Gasteiger partial charge on any atom is 0.137 e. The zero-order valence-corrected chi connectivity index (χ0v) is 15.7. The predicted molar refractivity (Wildman–Crippen MR) is 104 cm³/mol. The van der Waals surface area contributed by atoms with Crippen LogP contribution in [0.5, 0.6) is 0 Å². The number of carbonyl (C=O) groups excluding carboxylic acids is 1. The molecule has 2 aromatic rings. The minimum atomic E-state index is -0.269. The van der Waals surface area contributed by atoms with E-state index < -0.39 is 0 Å². The molecule has 3 rings (SSSR count). The van der Waals surface area contributed by atoms with E-state index in [1.165, 1.54) is 43.5 Å². The van der Waals surface area contributed by atoms with E-state index in [0.717, 1.165) is 17.7 Å². The fraction of sp³-hybridized carbons (Fsp3) is 0.435. The molecular weight excluding hydrogens is 325 g/mol. The summed E-state index contributed by atoms with van der Waals surface area (Å²) in [7, 11) is 2.20. The lowest BCUT2D eigenvalue weighted by molar-refractivity contribution is -0.118. The Morgan fingerprint density at radius 3 is 2.42 bits per heavy atom. The zero-order valence-electron chi connectivity index (χ0n) is 15.7. The van der Waals surface area contributed by atoms with Gasteiger partial charge in [0.1, 0.15) is 11.6 Å². The third-order valence-corrected chi connectivity index (χ3v) is 5.61. The molecule has 0 aromatic heterocycles. The molecule has 0 bridgehead atoms. The van der Waals surface area contributed by atoms with Crippen molar-refractivity contribution in [1.82, 2.24) is 4.90 Å². The number of likely N-dealkylation sites (tertiary alicyclic amines) is 1. The van der Waals surface area contributed by atoms with E-state index >= 15 is 0 Å². The second-order valence-electron chi connectivity index (χ2n) is 7.59. The highest BCUT2D eigenvalue weighted by molar-refractivity contribution is 5.83. The van der Waals surface area contributed by atoms with E-state index in [1.54, 1.807) is 19.1 Å². The second-order valence-corrected chi connectivity index (χ2v) is 7.59. The van der Waals surface area contributed by atoms with E-state index in [9.17, 15) is 9.18 Å². The van der Waals surface area contributed by atoms with Gasteiger partial charge in [-0.2, -0.15) is 0 Å². The van der Waals surface area contributed by atoms with E-state index in [0.29, 0.717) is 12.3 Å². The summed E-state index contributed by atoms with van der Waals surface area (Å²) < 4.78 is 13.2. The van der Waals surface area contributed by atoms with E-state index in [2.05, 4.69) is 36.2 Å². The van der Waals surface area contributed by atoms with Gasteiger partial charge in [0.05, 0.1) is 0 Å². The van der Waals surface area contributed by atoms with Gasteiger partial charge in [0.15, 0.2) is 0 Å². The minimum Gasteiger partial charge on any atom is -0.306 e. The molecule has 0 amide bonds. The molecule has 0 aliphatic carbocycles. The van der Waals surface area contributed by atoms with Crippen molar-refractivity contribution in [3.63, 3.8) is 0 Å². The molecule has 1 aliphatic heterocycles. The van der Waals surface area contributed by atoms with Gasteiger partial charge in [-0.15, -0.1) is 0 Å². The molecule has 2 aromatic carbocycles. The average molecular weight is 353 g/mol. The fourth-order valence-electron chi connectivity index (χ4n) is 3.93. The molecule has 2 unspecified atom stereocenters. The van der Waals surface area contributed by atoms with Gasteiger partial charge in [0.2, 0.25) is 0 Å². The second kappa shape index (κ2) is 8.59. The molecule has 0 radical (unpaired) electrons. The molecule has 0 N–H and O–H groups in total. The van der Waals surface area contributed by atoms with Gasteiger partial charge >= 0.3 is 0 Å². The van der Waals surface area contributed by atoms with Crippen LogP contribution >= 0.6 is 0 Å². The smallest absolute Gasteiger partial charge is 0.137 e. The van der Waals surface area contributed by atoms with Crippen LogP contribution < -0.4 is 0 Å². The number of hydrogen-bond donors (Lipinski definition) is 0. The quantitative estimate of drug-likeness (QED) is 0.759. The van der Waals surface area contributed by atoms with Crippen molar-refractivity contribution in [1.29, 1.82) is 0 Å². The molecule has 1 fully saturated rings. The standard InChI is InChI=1S/C23H28FNO/c1-17(26)23(21-9-11-22(24)12-10-21)16-18-5-7-20(8-6-18)19-4-3-14-25(2)15-13-19/h5-12,19,23H,3-4,13-16H2,1-2H3. The van der Waals surface area contributed by atoms with Gasteiger partial charge in [0.25, 0.3) is 0 Å². The van der Waals surface area contributed by atoms with Crippen LogP contribution in [0.4, 0.5) is 4.39 Å². The number of carbonyl (C=O) groups is 1. The molecule has 0 spiro atoms. The lowest BCUT2D eigenvalue weighted by atomic mass is 9.87. The summed E-state index contributed by atoms with van der Waals surface area (Å²) in [5.74, 6) is 0.268. The Balaban J connectivity index is 1.71. The molecule has 1 heterocycles. The summed E-state index contributed by atoms with van der Waals surface area (Å²) in [6, 6.07) is 15.1. The first-order chi connectivity index (χ1) is 12.5. The summed E-state index contributed by atoms with van der Waals surface area (Å²) in [6.45, 7) is 3.96. The number of ketones is 1. The Bertz CT molecular complexity index is 723. The van der Waals surface area contributed by atoms with Crippen LogP contribution in [0.25, 0.3) is 0 Å². The molecule has 138 valence electrons. The molecule has 1 saturated heterocycles. The van der Waals surface area contributed by atoms with Gasteiger partial charge < -0.3 is 4.90 Å². The fourth-order valence-corrected chi connectivity index (χ4v) is 3.93. The lowest BCUT2D eigenvalue weighted by Gasteiger charge is -2.17. The minimum absolute atomic E-state index is 0.118. The van der Waals surface area contributed by atoms with Crippen LogP contribution in [0, 0.1) is 5.82 Å². The Morgan fingerprint density at radius 1 is 1.08 bits per heavy atom. The molecule has 2 nitrogen and oxygen atoms in total. The van der Waals surface area contributed by atoms with Gasteiger partial charge in [-0.25, -0.2) is 4.39 Å². The van der Waals surface area contributed by atoms with Gasteiger partial charge in [-0.1, -0.05) is 36.4 Å². The van der Waals surface area contributed by atoms with Crippen LogP contribution in [-0.4, -0.2) is 30.8 Å². The van der Waals surface area contributed by atoms with Crippen molar-refractivity contribution in [3.05, 3.63) is 71.0 Å². The van der Waals surface area contributed by atoms with Crippen LogP contribution in [0.3, 0.4) is 0 Å². The highest BCUT2D eigenvalue weighted by atomic mass is 19.1. The van der Waals surface area contributed by atoms with Crippen molar-refractivity contribution in [2.24, 2.45) is 0 Å². The summed E-state index contributed by atoms with van der Waals surface area (Å²) in [5, 5.41) is 0. The first-order valence-electron chi connectivity index (χ1n) is 9.56. The molecule has 0 saturated carbocycles. The summed E-state index contributed by atoms with van der Waals surface area (Å²) in [6.07, 6.45) is 4.37. The van der Waals surface area contributed by atoms with Crippen LogP contribution in [0.1, 0.15) is 54.7 Å². The number of benzene rings is 2. The largest absolute Gasteiger partial charge is 0.306 e. The molecule has 3 heteroatoms. The summed E-state index contributed by atoms with van der Waals surface area (Å²) >= 11 is 0. The lowest BCUT2D eigenvalue weighted by Crippen LogP contribution is -2.18. The van der Waals surface area contributed by atoms with Gasteiger partial charge in [0, 0.05) is 5.92 Å². The number of hydrogen-bond acceptors (Lipinski definition) is 2. The van der Waals surface area contributed by atoms with Crippen molar-refractivity contribution in [3.8, 4) is 0 Å².